The molecule has 0 aliphatic carbocycles. The van der Waals surface area contributed by atoms with E-state index in [1.807, 2.05) is 0 Å². The van der Waals surface area contributed by atoms with E-state index in [-0.39, 0.29) is 12.4 Å². The van der Waals surface area contributed by atoms with Crippen molar-refractivity contribution in [2.45, 2.75) is 6.42 Å². The number of nitrogens with one attached hydrogen (secondary N) is 1. The number of nitrogens with zero attached hydrogens (tertiary/aromatic N) is 1. The summed E-state index contributed by atoms with van der Waals surface area (Å²) in [5.74, 6) is 0.187. The molecule has 1 aromatic heterocycles. The maximum atomic E-state index is 11.5. The van der Waals surface area contributed by atoms with Crippen LogP contribution in [0.25, 0.3) is 0 Å². The number of carbonyl (C=O) groups is 1. The van der Waals surface area contributed by atoms with Gasteiger partial charge in [0.05, 0.1) is 6.33 Å². The molecule has 1 aromatic rings. The van der Waals surface area contributed by atoms with Gasteiger partial charge in [-0.25, -0.2) is 4.39 Å². The van der Waals surface area contributed by atoms with E-state index in [0.29, 0.717) is 18.4 Å². The van der Waals surface area contributed by atoms with Crippen molar-refractivity contribution in [3.05, 3.63) is 24.2 Å². The maximum absolute atomic E-state index is 11.5. The Kier molecular flexibility index (Phi) is 3.01. The highest BCUT2D eigenvalue weighted by Crippen LogP contribution is 2.07. The highest BCUT2D eigenvalue weighted by Gasteiger charge is 1.98. The number of hydrogen-bond acceptors (Lipinski definition) is 3. The van der Waals surface area contributed by atoms with E-state index < -0.39 is 0 Å². The fourth-order valence-corrected chi connectivity index (χ4v) is 0.726. The Balaban J connectivity index is 2.57. The normalized spacial score (nSPS) is 10.4. The van der Waals surface area contributed by atoms with Gasteiger partial charge in [-0.2, -0.15) is 0 Å². The lowest BCUT2D eigenvalue weighted by molar-refractivity contribution is -0.120. The molecule has 0 aliphatic rings. The highest BCUT2D eigenvalue weighted by atomic mass is 19.1. The molecule has 1 N–H and O–H groups in total. The number of rotatable bonds is 4. The molecule has 0 atom stereocenters. The zero-order valence-electron chi connectivity index (χ0n) is 6.16. The van der Waals surface area contributed by atoms with E-state index in [1.54, 1.807) is 0 Å². The Hall–Kier alpha value is -1.65. The van der Waals surface area contributed by atoms with Crippen LogP contribution in [0.15, 0.2) is 18.5 Å². The van der Waals surface area contributed by atoms with E-state index >= 15 is 0 Å². The molecule has 12 heavy (non-hydrogen) atoms. The Bertz CT molecular complexity index is 283. The molecule has 5 heteroatoms. The first-order valence-electron chi connectivity index (χ1n) is 3.26. The van der Waals surface area contributed by atoms with Crippen LogP contribution in [0, 0.1) is 0 Å². The summed E-state index contributed by atoms with van der Waals surface area (Å²) in [6.45, 7) is 0.283. The fourth-order valence-electron chi connectivity index (χ4n) is 0.726. The van der Waals surface area contributed by atoms with Crippen LogP contribution in [0.4, 0.5) is 4.39 Å². The van der Waals surface area contributed by atoms with E-state index in [2.05, 4.69) is 14.9 Å². The second-order valence-corrected chi connectivity index (χ2v) is 2.01. The lowest BCUT2D eigenvalue weighted by Gasteiger charge is -1.84. The first kappa shape index (κ1) is 8.45. The number of ether oxygens (including phenoxy) is 1. The molecule has 1 rings (SSSR count). The molecule has 1 heterocycles. The van der Waals surface area contributed by atoms with E-state index in [0.717, 1.165) is 0 Å². The van der Waals surface area contributed by atoms with Gasteiger partial charge in [0.15, 0.2) is 0 Å². The Morgan fingerprint density at radius 3 is 3.25 bits per heavy atom. The molecule has 0 saturated carbocycles. The standard InChI is InChI=1S/C7H7FN2O2/c8-3-1-2-6-4-7(10-9-6)12-5-11/h1,3-5H,2H2,(H,9,10). The summed E-state index contributed by atoms with van der Waals surface area (Å²) in [7, 11) is 0. The summed E-state index contributed by atoms with van der Waals surface area (Å²) in [5.41, 5.74) is 0.681. The molecule has 0 spiro atoms. The van der Waals surface area contributed by atoms with Gasteiger partial charge in [0.1, 0.15) is 0 Å². The van der Waals surface area contributed by atoms with E-state index in [9.17, 15) is 9.18 Å². The first-order valence-corrected chi connectivity index (χ1v) is 3.26. The predicted octanol–water partition coefficient (Wildman–Crippen LogP) is 0.971. The zero-order valence-corrected chi connectivity index (χ0v) is 6.16. The summed E-state index contributed by atoms with van der Waals surface area (Å²) in [5, 5.41) is 6.20. The van der Waals surface area contributed by atoms with Crippen molar-refractivity contribution in [2.75, 3.05) is 0 Å². The van der Waals surface area contributed by atoms with Gasteiger partial charge < -0.3 is 4.74 Å². The molecule has 64 valence electrons. The SMILES string of the molecule is O=COc1cc(CC=CF)[nH]n1. The van der Waals surface area contributed by atoms with Crippen LogP contribution in [-0.4, -0.2) is 16.7 Å². The molecular weight excluding hydrogens is 163 g/mol. The average Bonchev–Trinajstić information content (AvgIpc) is 2.50. The van der Waals surface area contributed by atoms with E-state index in [1.165, 1.54) is 12.1 Å². The Morgan fingerprint density at radius 1 is 1.75 bits per heavy atom. The smallest absolute Gasteiger partial charge is 0.299 e. The Labute approximate surface area is 68.0 Å². The van der Waals surface area contributed by atoms with Crippen LogP contribution >= 0.6 is 0 Å². The maximum Gasteiger partial charge on any atom is 0.299 e. The van der Waals surface area contributed by atoms with Gasteiger partial charge in [-0.1, -0.05) is 6.08 Å². The minimum atomic E-state index is 0.187. The summed E-state index contributed by atoms with van der Waals surface area (Å²) < 4.78 is 16.0. The number of allylic oxidation sites excluding steroid dienone is 1. The van der Waals surface area contributed by atoms with Gasteiger partial charge in [0.2, 0.25) is 5.88 Å². The van der Waals surface area contributed by atoms with Crippen LogP contribution in [0.5, 0.6) is 5.88 Å². The van der Waals surface area contributed by atoms with Crippen LogP contribution in [0.1, 0.15) is 5.69 Å². The summed E-state index contributed by atoms with van der Waals surface area (Å²) in [6.07, 6.45) is 2.16. The third kappa shape index (κ3) is 2.19. The lowest BCUT2D eigenvalue weighted by atomic mass is 10.3. The monoisotopic (exact) mass is 170 g/mol. The van der Waals surface area contributed by atoms with Crippen molar-refractivity contribution < 1.29 is 13.9 Å². The van der Waals surface area contributed by atoms with Gasteiger partial charge in [0.25, 0.3) is 6.47 Å². The van der Waals surface area contributed by atoms with Gasteiger partial charge in [-0.05, 0) is 0 Å². The van der Waals surface area contributed by atoms with Gasteiger partial charge in [0, 0.05) is 18.2 Å². The van der Waals surface area contributed by atoms with Crippen LogP contribution < -0.4 is 4.74 Å². The summed E-state index contributed by atoms with van der Waals surface area (Å²) in [4.78, 5) is 9.85. The lowest BCUT2D eigenvalue weighted by Crippen LogP contribution is -1.87. The quantitative estimate of drug-likeness (QED) is 0.685. The second-order valence-electron chi connectivity index (χ2n) is 2.01. The average molecular weight is 170 g/mol. The van der Waals surface area contributed by atoms with Crippen molar-refractivity contribution >= 4 is 6.47 Å². The summed E-state index contributed by atoms with van der Waals surface area (Å²) >= 11 is 0. The first-order chi connectivity index (χ1) is 5.86. The van der Waals surface area contributed by atoms with Gasteiger partial charge >= 0.3 is 0 Å². The molecule has 0 amide bonds. The van der Waals surface area contributed by atoms with Crippen LogP contribution in [-0.2, 0) is 11.2 Å². The number of aromatic nitrogens is 2. The predicted molar refractivity (Wildman–Crippen MR) is 39.2 cm³/mol. The molecule has 0 unspecified atom stereocenters. The largest absolute Gasteiger partial charge is 0.408 e. The number of halogens is 1. The summed E-state index contributed by atoms with van der Waals surface area (Å²) in [6, 6.07) is 1.52. The van der Waals surface area contributed by atoms with Gasteiger partial charge in [-0.3, -0.25) is 9.89 Å². The number of carbonyl (C=O) groups excluding carboxylic acids is 1. The molecule has 0 aromatic carbocycles. The Morgan fingerprint density at radius 2 is 2.58 bits per heavy atom. The zero-order chi connectivity index (χ0) is 8.81. The number of hydrogen-bond donors (Lipinski definition) is 1. The van der Waals surface area contributed by atoms with Crippen molar-refractivity contribution in [2.24, 2.45) is 0 Å². The number of H-pyrrole nitrogens is 1. The van der Waals surface area contributed by atoms with Crippen molar-refractivity contribution in [1.82, 2.24) is 10.2 Å². The van der Waals surface area contributed by atoms with Crippen molar-refractivity contribution in [3.63, 3.8) is 0 Å². The number of aromatic amines is 1. The third-order valence-electron chi connectivity index (χ3n) is 1.20. The molecule has 0 aliphatic heterocycles. The van der Waals surface area contributed by atoms with E-state index in [4.69, 9.17) is 0 Å². The second kappa shape index (κ2) is 4.27. The van der Waals surface area contributed by atoms with Crippen molar-refractivity contribution in [3.8, 4) is 5.88 Å². The minimum Gasteiger partial charge on any atom is -0.408 e. The molecule has 4 nitrogen and oxygen atoms in total. The third-order valence-corrected chi connectivity index (χ3v) is 1.20. The molecule has 0 fully saturated rings. The van der Waals surface area contributed by atoms with Crippen LogP contribution in [0.2, 0.25) is 0 Å². The fraction of sp³-hybridized carbons (Fsp3) is 0.143. The molecule has 0 bridgehead atoms. The minimum absolute atomic E-state index is 0.187. The molecular formula is C7H7FN2O2. The van der Waals surface area contributed by atoms with Gasteiger partial charge in [-0.15, -0.1) is 5.10 Å². The van der Waals surface area contributed by atoms with Crippen LogP contribution in [0.3, 0.4) is 0 Å². The highest BCUT2D eigenvalue weighted by molar-refractivity contribution is 5.42. The van der Waals surface area contributed by atoms with Crippen molar-refractivity contribution in [1.29, 1.82) is 0 Å². The topological polar surface area (TPSA) is 55.0 Å². The molecule has 0 saturated heterocycles. The molecule has 0 radical (unpaired) electrons.